The second-order valence-corrected chi connectivity index (χ2v) is 3.68. The number of anilines is 1. The zero-order valence-electron chi connectivity index (χ0n) is 10.3. The van der Waals surface area contributed by atoms with Gasteiger partial charge in [-0.1, -0.05) is 0 Å². The highest BCUT2D eigenvalue weighted by Crippen LogP contribution is 2.21. The lowest BCUT2D eigenvalue weighted by Crippen LogP contribution is -2.13. The van der Waals surface area contributed by atoms with Crippen LogP contribution in [0.5, 0.6) is 11.6 Å². The van der Waals surface area contributed by atoms with Crippen molar-refractivity contribution in [1.29, 1.82) is 0 Å². The number of aromatic nitrogens is 2. The molecule has 0 atom stereocenters. The Morgan fingerprint density at radius 3 is 3.05 bits per heavy atom. The Balaban J connectivity index is 2.19. The third-order valence-electron chi connectivity index (χ3n) is 2.29. The van der Waals surface area contributed by atoms with E-state index in [9.17, 15) is 9.90 Å². The Hall–Kier alpha value is -2.63. The van der Waals surface area contributed by atoms with Gasteiger partial charge in [0.05, 0.1) is 18.4 Å². The number of ether oxygens (including phenoxy) is 1. The van der Waals surface area contributed by atoms with Crippen molar-refractivity contribution in [2.24, 2.45) is 0 Å². The number of nitrogens with one attached hydrogen (secondary N) is 1. The molecule has 19 heavy (non-hydrogen) atoms. The second kappa shape index (κ2) is 5.81. The smallest absolute Gasteiger partial charge is 0.257 e. The third-order valence-corrected chi connectivity index (χ3v) is 2.29. The fraction of sp³-hybridized carbons (Fsp3) is 0.154. The van der Waals surface area contributed by atoms with Gasteiger partial charge in [-0.2, -0.15) is 0 Å². The van der Waals surface area contributed by atoms with Crippen LogP contribution < -0.4 is 10.1 Å². The molecule has 0 unspecified atom stereocenters. The van der Waals surface area contributed by atoms with Crippen LogP contribution in [0.4, 0.5) is 5.69 Å². The molecule has 2 N–H and O–H groups in total. The maximum atomic E-state index is 12.0. The molecule has 98 valence electrons. The minimum atomic E-state index is -0.391. The average molecular weight is 259 g/mol. The molecule has 1 amide bonds. The van der Waals surface area contributed by atoms with Crippen LogP contribution in [-0.4, -0.2) is 27.6 Å². The van der Waals surface area contributed by atoms with Gasteiger partial charge in [0.1, 0.15) is 11.4 Å². The standard InChI is InChI=1S/C13H13N3O3/c1-2-19-13-11(4-3-5-15-13)16-12(18)9-6-10(17)8-14-7-9/h3-8,17H,2H2,1H3,(H,16,18). The highest BCUT2D eigenvalue weighted by molar-refractivity contribution is 6.04. The summed E-state index contributed by atoms with van der Waals surface area (Å²) in [6, 6.07) is 4.71. The minimum Gasteiger partial charge on any atom is -0.506 e. The molecule has 2 heterocycles. The Morgan fingerprint density at radius 2 is 2.32 bits per heavy atom. The summed E-state index contributed by atoms with van der Waals surface area (Å²) in [6.07, 6.45) is 4.20. The summed E-state index contributed by atoms with van der Waals surface area (Å²) in [6.45, 7) is 2.28. The number of hydrogen-bond donors (Lipinski definition) is 2. The molecule has 6 heteroatoms. The number of rotatable bonds is 4. The molecule has 0 aromatic carbocycles. The van der Waals surface area contributed by atoms with Gasteiger partial charge in [0, 0.05) is 12.4 Å². The summed E-state index contributed by atoms with van der Waals surface area (Å²) in [5, 5.41) is 11.9. The summed E-state index contributed by atoms with van der Waals surface area (Å²) in [4.78, 5) is 19.8. The van der Waals surface area contributed by atoms with E-state index in [1.165, 1.54) is 18.5 Å². The molecule has 0 aliphatic heterocycles. The molecular formula is C13H13N3O3. The molecule has 0 saturated heterocycles. The highest BCUT2D eigenvalue weighted by Gasteiger charge is 2.11. The zero-order chi connectivity index (χ0) is 13.7. The maximum Gasteiger partial charge on any atom is 0.257 e. The van der Waals surface area contributed by atoms with E-state index < -0.39 is 5.91 Å². The highest BCUT2D eigenvalue weighted by atomic mass is 16.5. The molecule has 0 spiro atoms. The van der Waals surface area contributed by atoms with E-state index in [2.05, 4.69) is 15.3 Å². The summed E-state index contributed by atoms with van der Waals surface area (Å²) in [5.74, 6) is -0.104. The molecule has 0 bridgehead atoms. The number of pyridine rings is 2. The predicted octanol–water partition coefficient (Wildman–Crippen LogP) is 1.83. The number of amides is 1. The first-order valence-corrected chi connectivity index (χ1v) is 5.74. The Bertz CT molecular complexity index is 587. The molecule has 0 radical (unpaired) electrons. The SMILES string of the molecule is CCOc1ncccc1NC(=O)c1cncc(O)c1. The van der Waals surface area contributed by atoms with Crippen molar-refractivity contribution in [2.75, 3.05) is 11.9 Å². The van der Waals surface area contributed by atoms with Crippen LogP contribution in [0.3, 0.4) is 0 Å². The molecule has 2 aromatic heterocycles. The van der Waals surface area contributed by atoms with E-state index in [4.69, 9.17) is 4.74 Å². The fourth-order valence-corrected chi connectivity index (χ4v) is 1.48. The molecule has 0 aliphatic rings. The van der Waals surface area contributed by atoms with Crippen LogP contribution in [-0.2, 0) is 0 Å². The van der Waals surface area contributed by atoms with Crippen molar-refractivity contribution in [3.63, 3.8) is 0 Å². The lowest BCUT2D eigenvalue weighted by Gasteiger charge is -2.09. The van der Waals surface area contributed by atoms with Crippen molar-refractivity contribution in [2.45, 2.75) is 6.92 Å². The third kappa shape index (κ3) is 3.19. The summed E-state index contributed by atoms with van der Waals surface area (Å²) >= 11 is 0. The normalized spacial score (nSPS) is 9.95. The van der Waals surface area contributed by atoms with Crippen molar-refractivity contribution in [1.82, 2.24) is 9.97 Å². The number of nitrogens with zero attached hydrogens (tertiary/aromatic N) is 2. The fourth-order valence-electron chi connectivity index (χ4n) is 1.48. The molecule has 0 saturated carbocycles. The van der Waals surface area contributed by atoms with Crippen LogP contribution in [0.25, 0.3) is 0 Å². The van der Waals surface area contributed by atoms with Crippen LogP contribution in [0.2, 0.25) is 0 Å². The van der Waals surface area contributed by atoms with E-state index in [1.807, 2.05) is 6.92 Å². The van der Waals surface area contributed by atoms with Gasteiger partial charge in [-0.3, -0.25) is 9.78 Å². The first kappa shape index (κ1) is 12.8. The quantitative estimate of drug-likeness (QED) is 0.875. The Morgan fingerprint density at radius 1 is 1.47 bits per heavy atom. The lowest BCUT2D eigenvalue weighted by atomic mass is 10.2. The topological polar surface area (TPSA) is 84.3 Å². The van der Waals surface area contributed by atoms with E-state index in [-0.39, 0.29) is 11.3 Å². The van der Waals surface area contributed by atoms with Gasteiger partial charge < -0.3 is 15.2 Å². The zero-order valence-corrected chi connectivity index (χ0v) is 10.3. The molecule has 6 nitrogen and oxygen atoms in total. The molecule has 2 aromatic rings. The first-order valence-electron chi connectivity index (χ1n) is 5.74. The van der Waals surface area contributed by atoms with Crippen LogP contribution in [0, 0.1) is 0 Å². The van der Waals surface area contributed by atoms with Crippen LogP contribution in [0.15, 0.2) is 36.8 Å². The number of hydrogen-bond acceptors (Lipinski definition) is 5. The number of aromatic hydroxyl groups is 1. The van der Waals surface area contributed by atoms with Crippen molar-refractivity contribution in [3.05, 3.63) is 42.4 Å². The van der Waals surface area contributed by atoms with Gasteiger partial charge >= 0.3 is 0 Å². The molecule has 2 rings (SSSR count). The van der Waals surface area contributed by atoms with Crippen LogP contribution >= 0.6 is 0 Å². The predicted molar refractivity (Wildman–Crippen MR) is 69.3 cm³/mol. The van der Waals surface area contributed by atoms with Crippen LogP contribution in [0.1, 0.15) is 17.3 Å². The number of carbonyl (C=O) groups is 1. The number of carbonyl (C=O) groups excluding carboxylic acids is 1. The van der Waals surface area contributed by atoms with Gasteiger partial charge in [-0.05, 0) is 25.1 Å². The van der Waals surface area contributed by atoms with Crippen molar-refractivity contribution < 1.29 is 14.6 Å². The lowest BCUT2D eigenvalue weighted by molar-refractivity contribution is 0.102. The van der Waals surface area contributed by atoms with Crippen molar-refractivity contribution in [3.8, 4) is 11.6 Å². The van der Waals surface area contributed by atoms with Gasteiger partial charge in [0.15, 0.2) is 0 Å². The van der Waals surface area contributed by atoms with Gasteiger partial charge in [-0.15, -0.1) is 0 Å². The van der Waals surface area contributed by atoms with Crippen molar-refractivity contribution >= 4 is 11.6 Å². The Kier molecular flexibility index (Phi) is 3.92. The Labute approximate surface area is 110 Å². The summed E-state index contributed by atoms with van der Waals surface area (Å²) < 4.78 is 5.31. The summed E-state index contributed by atoms with van der Waals surface area (Å²) in [7, 11) is 0. The molecule has 0 fully saturated rings. The van der Waals surface area contributed by atoms with E-state index in [0.29, 0.717) is 18.2 Å². The van der Waals surface area contributed by atoms with E-state index in [0.717, 1.165) is 0 Å². The van der Waals surface area contributed by atoms with Gasteiger partial charge in [0.25, 0.3) is 5.91 Å². The maximum absolute atomic E-state index is 12.0. The summed E-state index contributed by atoms with van der Waals surface area (Å²) in [5.41, 5.74) is 0.726. The first-order chi connectivity index (χ1) is 9.20. The monoisotopic (exact) mass is 259 g/mol. The van der Waals surface area contributed by atoms with Gasteiger partial charge in [0.2, 0.25) is 5.88 Å². The minimum absolute atomic E-state index is 0.0659. The second-order valence-electron chi connectivity index (χ2n) is 3.68. The largest absolute Gasteiger partial charge is 0.506 e. The molecular weight excluding hydrogens is 246 g/mol. The van der Waals surface area contributed by atoms with Gasteiger partial charge in [-0.25, -0.2) is 4.98 Å². The molecule has 0 aliphatic carbocycles. The van der Waals surface area contributed by atoms with E-state index >= 15 is 0 Å². The average Bonchev–Trinajstić information content (AvgIpc) is 2.41. The van der Waals surface area contributed by atoms with E-state index in [1.54, 1.807) is 18.3 Å².